The van der Waals surface area contributed by atoms with Gasteiger partial charge in [-0.2, -0.15) is 0 Å². The fraction of sp³-hybridized carbons (Fsp3) is 0.383. The molecular formula is C47H56Cl2Zr. The standard InChI is InChI=1S/C21H25.C13H10.C13H21.2ClH.Zr/c1-20(2,3)16-9-7-14-11-15-8-10-17(21(4,5)6)13-19(15)18(14)12-16;1-3-7-12(8-4-1)11-13-9-5-2-6-10-13;1-5-6-7-11-8-9-12(10-11)13(2,3)4;;;/h7-13H,1-6H3;1-10H;9-11H,5-7H2,1-4H3;2*1H;/q;;;;;+2/p-2. The first kappa shape index (κ1) is 40.5. The summed E-state index contributed by atoms with van der Waals surface area (Å²) in [6, 6.07) is 38.0. The number of rotatable bonds is 7. The van der Waals surface area contributed by atoms with Crippen molar-refractivity contribution >= 4 is 3.21 Å². The molecule has 0 saturated heterocycles. The molecule has 0 amide bonds. The van der Waals surface area contributed by atoms with Gasteiger partial charge in [0.15, 0.2) is 0 Å². The summed E-state index contributed by atoms with van der Waals surface area (Å²) in [6.07, 6.45) is 9.13. The number of fused-ring (bicyclic) bond motifs is 3. The Morgan fingerprint density at radius 3 is 1.46 bits per heavy atom. The average molecular weight is 783 g/mol. The SMILES string of the molecule is CCCCC1C=C(C(C)(C)C)C=[C]1[Zr+2](=[C](c1ccccc1)c1ccccc1)[CH]1c2ccc(C(C)(C)C)cc2-c2cc(C(C)(C)C)ccc21.[Cl-].[Cl-]. The van der Waals surface area contributed by atoms with E-state index >= 15 is 0 Å². The maximum atomic E-state index is 2.71. The minimum Gasteiger partial charge on any atom is -1.00 e. The Bertz CT molecular complexity index is 1790. The van der Waals surface area contributed by atoms with Crippen LogP contribution in [0.1, 0.15) is 126 Å². The van der Waals surface area contributed by atoms with Gasteiger partial charge in [-0.05, 0) is 0 Å². The van der Waals surface area contributed by atoms with Gasteiger partial charge in [0.25, 0.3) is 0 Å². The van der Waals surface area contributed by atoms with Crippen LogP contribution in [-0.2, 0) is 32.1 Å². The molecule has 0 nitrogen and oxygen atoms in total. The van der Waals surface area contributed by atoms with E-state index in [1.807, 2.05) is 0 Å². The maximum Gasteiger partial charge on any atom is -1.00 e. The maximum absolute atomic E-state index is 2.88. The summed E-state index contributed by atoms with van der Waals surface area (Å²) < 4.78 is 3.82. The van der Waals surface area contributed by atoms with E-state index < -0.39 is 21.3 Å². The number of benzene rings is 4. The Balaban J connectivity index is 0.00000281. The van der Waals surface area contributed by atoms with Crippen LogP contribution in [0.15, 0.2) is 118 Å². The second-order valence-corrected chi connectivity index (χ2v) is 23.4. The molecule has 0 heterocycles. The van der Waals surface area contributed by atoms with Crippen LogP contribution in [0.3, 0.4) is 0 Å². The Morgan fingerprint density at radius 2 is 1.06 bits per heavy atom. The fourth-order valence-electron chi connectivity index (χ4n) is 7.67. The van der Waals surface area contributed by atoms with E-state index in [-0.39, 0.29) is 41.1 Å². The molecule has 0 aliphatic heterocycles. The molecule has 0 saturated carbocycles. The van der Waals surface area contributed by atoms with Crippen LogP contribution >= 0.6 is 0 Å². The van der Waals surface area contributed by atoms with Crippen molar-refractivity contribution in [3.63, 3.8) is 0 Å². The van der Waals surface area contributed by atoms with Crippen molar-refractivity contribution in [3.05, 3.63) is 151 Å². The second kappa shape index (κ2) is 15.7. The predicted octanol–water partition coefficient (Wildman–Crippen LogP) is 6.92. The molecule has 3 heteroatoms. The molecule has 4 aromatic rings. The van der Waals surface area contributed by atoms with E-state index in [1.165, 1.54) is 58.2 Å². The molecule has 0 fully saturated rings. The minimum atomic E-state index is -2.88. The van der Waals surface area contributed by atoms with Gasteiger partial charge in [0.1, 0.15) is 0 Å². The first-order valence-electron chi connectivity index (χ1n) is 18.3. The predicted molar refractivity (Wildman–Crippen MR) is 206 cm³/mol. The zero-order valence-electron chi connectivity index (χ0n) is 31.9. The number of hydrogen-bond acceptors (Lipinski definition) is 0. The van der Waals surface area contributed by atoms with Gasteiger partial charge in [-0.25, -0.2) is 0 Å². The van der Waals surface area contributed by atoms with Crippen LogP contribution in [0.2, 0.25) is 0 Å². The van der Waals surface area contributed by atoms with E-state index in [4.69, 9.17) is 0 Å². The monoisotopic (exact) mass is 780 g/mol. The minimum absolute atomic E-state index is 0. The number of allylic oxidation sites excluding steroid dienone is 4. The first-order valence-corrected chi connectivity index (χ1v) is 22.1. The van der Waals surface area contributed by atoms with Crippen LogP contribution < -0.4 is 24.8 Å². The van der Waals surface area contributed by atoms with Gasteiger partial charge in [0.2, 0.25) is 0 Å². The van der Waals surface area contributed by atoms with Crippen LogP contribution in [-0.4, -0.2) is 3.21 Å². The van der Waals surface area contributed by atoms with Gasteiger partial charge in [0.05, 0.1) is 0 Å². The number of unbranched alkanes of at least 4 members (excludes halogenated alkanes) is 1. The van der Waals surface area contributed by atoms with E-state index in [2.05, 4.69) is 178 Å². The molecule has 262 valence electrons. The van der Waals surface area contributed by atoms with Crippen LogP contribution in [0.5, 0.6) is 0 Å². The Labute approximate surface area is 323 Å². The van der Waals surface area contributed by atoms with Crippen molar-refractivity contribution < 1.29 is 46.1 Å². The van der Waals surface area contributed by atoms with Crippen LogP contribution in [0.25, 0.3) is 11.1 Å². The summed E-state index contributed by atoms with van der Waals surface area (Å²) in [6.45, 7) is 23.7. The molecule has 0 spiro atoms. The van der Waals surface area contributed by atoms with Crippen molar-refractivity contribution in [2.45, 2.75) is 103 Å². The molecule has 0 aromatic heterocycles. The van der Waals surface area contributed by atoms with Crippen molar-refractivity contribution in [1.29, 1.82) is 0 Å². The van der Waals surface area contributed by atoms with Gasteiger partial charge in [-0.1, -0.05) is 0 Å². The van der Waals surface area contributed by atoms with E-state index in [9.17, 15) is 0 Å². The molecule has 50 heavy (non-hydrogen) atoms. The largest absolute Gasteiger partial charge is 1.00 e. The number of hydrogen-bond donors (Lipinski definition) is 0. The van der Waals surface area contributed by atoms with Crippen molar-refractivity contribution in [1.82, 2.24) is 0 Å². The van der Waals surface area contributed by atoms with Crippen molar-refractivity contribution in [3.8, 4) is 11.1 Å². The van der Waals surface area contributed by atoms with E-state index in [0.717, 1.165) is 0 Å². The quantitative estimate of drug-likeness (QED) is 0.191. The molecule has 0 radical (unpaired) electrons. The normalized spacial score (nSPS) is 15.5. The van der Waals surface area contributed by atoms with E-state index in [0.29, 0.717) is 9.54 Å². The third-order valence-corrected chi connectivity index (χ3v) is 19.1. The van der Waals surface area contributed by atoms with Crippen LogP contribution in [0.4, 0.5) is 0 Å². The zero-order chi connectivity index (χ0) is 34.4. The van der Waals surface area contributed by atoms with Gasteiger partial charge in [0, 0.05) is 0 Å². The molecule has 1 unspecified atom stereocenters. The molecule has 4 aromatic carbocycles. The summed E-state index contributed by atoms with van der Waals surface area (Å²) in [5.41, 5.74) is 13.5. The summed E-state index contributed by atoms with van der Waals surface area (Å²) in [5, 5.41) is 0. The first-order chi connectivity index (χ1) is 22.7. The molecule has 0 bridgehead atoms. The smallest absolute Gasteiger partial charge is 1.00 e. The average Bonchev–Trinajstić information content (AvgIpc) is 3.61. The van der Waals surface area contributed by atoms with Gasteiger partial charge in [-0.3, -0.25) is 0 Å². The fourth-order valence-corrected chi connectivity index (χ4v) is 17.3. The van der Waals surface area contributed by atoms with Gasteiger partial charge < -0.3 is 24.8 Å². The summed E-state index contributed by atoms with van der Waals surface area (Å²) in [7, 11) is 0. The van der Waals surface area contributed by atoms with Crippen LogP contribution in [0, 0.1) is 11.3 Å². The second-order valence-electron chi connectivity index (χ2n) is 17.3. The summed E-state index contributed by atoms with van der Waals surface area (Å²) >= 11 is -2.88. The van der Waals surface area contributed by atoms with Gasteiger partial charge in [-0.15, -0.1) is 0 Å². The molecular weight excluding hydrogens is 727 g/mol. The Hall–Kier alpha value is -2.31. The Morgan fingerprint density at radius 1 is 0.600 bits per heavy atom. The summed E-state index contributed by atoms with van der Waals surface area (Å²) in [5.74, 6) is 0.506. The molecule has 2 aliphatic carbocycles. The summed E-state index contributed by atoms with van der Waals surface area (Å²) in [4.78, 5) is 0. The van der Waals surface area contributed by atoms with Crippen molar-refractivity contribution in [2.24, 2.45) is 11.3 Å². The molecule has 2 aliphatic rings. The van der Waals surface area contributed by atoms with Gasteiger partial charge >= 0.3 is 301 Å². The third-order valence-electron chi connectivity index (χ3n) is 10.6. The van der Waals surface area contributed by atoms with E-state index in [1.54, 1.807) is 17.6 Å². The Kier molecular flexibility index (Phi) is 12.7. The van der Waals surface area contributed by atoms with Crippen molar-refractivity contribution in [2.75, 3.05) is 0 Å². The third kappa shape index (κ3) is 8.17. The zero-order valence-corrected chi connectivity index (χ0v) is 35.9. The topological polar surface area (TPSA) is 0 Å². The number of halogens is 2. The molecule has 1 atom stereocenters. The molecule has 0 N–H and O–H groups in total. The molecule has 6 rings (SSSR count).